The smallest absolute Gasteiger partial charge is 0.326 e. The van der Waals surface area contributed by atoms with E-state index in [1.165, 1.54) is 30.8 Å². The lowest BCUT2D eigenvalue weighted by Gasteiger charge is -2.27. The van der Waals surface area contributed by atoms with Crippen molar-refractivity contribution >= 4 is 22.6 Å². The number of anilines is 1. The highest BCUT2D eigenvalue weighted by Crippen LogP contribution is 2.39. The maximum Gasteiger partial charge on any atom is 0.326 e. The third-order valence-corrected chi connectivity index (χ3v) is 4.71. The molecule has 19 heavy (non-hydrogen) atoms. The van der Waals surface area contributed by atoms with Crippen LogP contribution in [0.5, 0.6) is 0 Å². The van der Waals surface area contributed by atoms with Gasteiger partial charge in [-0.25, -0.2) is 9.78 Å². The summed E-state index contributed by atoms with van der Waals surface area (Å²) in [5, 5.41) is 13.2. The summed E-state index contributed by atoms with van der Waals surface area (Å²) in [5.74, 6) is 0.861. The number of rotatable bonds is 5. The molecule has 1 unspecified atom stereocenters. The Kier molecular flexibility index (Phi) is 3.68. The average molecular weight is 281 g/mol. The number of carboxylic acids is 1. The van der Waals surface area contributed by atoms with E-state index in [1.807, 2.05) is 0 Å². The van der Waals surface area contributed by atoms with Crippen molar-refractivity contribution in [3.63, 3.8) is 0 Å². The first kappa shape index (κ1) is 12.8. The summed E-state index contributed by atoms with van der Waals surface area (Å²) in [4.78, 5) is 15.9. The maximum absolute atomic E-state index is 11.5. The molecule has 2 aliphatic rings. The zero-order chi connectivity index (χ0) is 13.2. The van der Waals surface area contributed by atoms with Gasteiger partial charge >= 0.3 is 5.97 Å². The van der Waals surface area contributed by atoms with Gasteiger partial charge in [0.2, 0.25) is 5.13 Å². The molecule has 0 aromatic carbocycles. The van der Waals surface area contributed by atoms with Gasteiger partial charge in [-0.2, -0.15) is 4.37 Å². The van der Waals surface area contributed by atoms with Gasteiger partial charge in [0.25, 0.3) is 0 Å². The molecule has 0 spiro atoms. The van der Waals surface area contributed by atoms with Crippen LogP contribution in [0.15, 0.2) is 0 Å². The van der Waals surface area contributed by atoms with Crippen molar-refractivity contribution in [1.82, 2.24) is 9.36 Å². The second kappa shape index (κ2) is 5.45. The molecule has 0 radical (unpaired) electrons. The Bertz CT molecular complexity index is 452. The highest BCUT2D eigenvalue weighted by molar-refractivity contribution is 7.09. The molecule has 2 N–H and O–H groups in total. The molecular formula is C13H19N3O2S. The zero-order valence-corrected chi connectivity index (χ0v) is 11.7. The summed E-state index contributed by atoms with van der Waals surface area (Å²) in [6, 6.07) is -0.514. The molecule has 1 aromatic heterocycles. The van der Waals surface area contributed by atoms with Crippen LogP contribution in [0.3, 0.4) is 0 Å². The number of hydrogen-bond donors (Lipinski definition) is 2. The fourth-order valence-electron chi connectivity index (χ4n) is 2.78. The normalized spacial score (nSPS) is 22.1. The zero-order valence-electron chi connectivity index (χ0n) is 10.8. The predicted molar refractivity (Wildman–Crippen MR) is 73.5 cm³/mol. The van der Waals surface area contributed by atoms with E-state index >= 15 is 0 Å². The van der Waals surface area contributed by atoms with Crippen LogP contribution in [0.25, 0.3) is 0 Å². The van der Waals surface area contributed by atoms with Crippen molar-refractivity contribution in [3.8, 4) is 0 Å². The second-order valence-electron chi connectivity index (χ2n) is 5.59. The van der Waals surface area contributed by atoms with Crippen molar-refractivity contribution in [2.24, 2.45) is 5.92 Å². The van der Waals surface area contributed by atoms with E-state index in [9.17, 15) is 9.90 Å². The molecule has 0 amide bonds. The molecule has 2 fully saturated rings. The number of hydrogen-bond acceptors (Lipinski definition) is 5. The van der Waals surface area contributed by atoms with Gasteiger partial charge in [-0.1, -0.05) is 19.3 Å². The fourth-order valence-corrected chi connectivity index (χ4v) is 3.47. The largest absolute Gasteiger partial charge is 0.480 e. The Morgan fingerprint density at radius 1 is 1.26 bits per heavy atom. The molecule has 0 bridgehead atoms. The number of nitrogens with zero attached hydrogens (tertiary/aromatic N) is 2. The lowest BCUT2D eigenvalue weighted by molar-refractivity contribution is -0.139. The molecule has 1 aromatic rings. The van der Waals surface area contributed by atoms with E-state index in [0.717, 1.165) is 31.5 Å². The minimum absolute atomic E-state index is 0.222. The summed E-state index contributed by atoms with van der Waals surface area (Å²) in [7, 11) is 0. The van der Waals surface area contributed by atoms with E-state index in [1.54, 1.807) is 0 Å². The average Bonchev–Trinajstić information content (AvgIpc) is 3.16. The summed E-state index contributed by atoms with van der Waals surface area (Å²) >= 11 is 1.29. The van der Waals surface area contributed by atoms with Crippen LogP contribution in [0.4, 0.5) is 5.13 Å². The van der Waals surface area contributed by atoms with Gasteiger partial charge in [0, 0.05) is 17.5 Å². The molecule has 2 saturated carbocycles. The molecule has 5 nitrogen and oxygen atoms in total. The second-order valence-corrected chi connectivity index (χ2v) is 6.34. The number of carboxylic acid groups (broad SMARTS) is 1. The molecule has 0 aliphatic heterocycles. The lowest BCUT2D eigenvalue weighted by atomic mass is 9.84. The fraction of sp³-hybridized carbons (Fsp3) is 0.769. The molecule has 104 valence electrons. The molecule has 0 saturated heterocycles. The summed E-state index contributed by atoms with van der Waals surface area (Å²) in [6.07, 6.45) is 7.84. The number of carbonyl (C=O) groups is 1. The van der Waals surface area contributed by atoms with Crippen LogP contribution in [0.2, 0.25) is 0 Å². The molecule has 3 rings (SSSR count). The van der Waals surface area contributed by atoms with Crippen molar-refractivity contribution in [2.75, 3.05) is 5.32 Å². The molecular weight excluding hydrogens is 262 g/mol. The summed E-state index contributed by atoms with van der Waals surface area (Å²) in [5.41, 5.74) is 0. The highest BCUT2D eigenvalue weighted by Gasteiger charge is 2.32. The van der Waals surface area contributed by atoms with Gasteiger partial charge in [-0.3, -0.25) is 0 Å². The topological polar surface area (TPSA) is 75.1 Å². The van der Waals surface area contributed by atoms with Crippen LogP contribution in [-0.2, 0) is 4.79 Å². The number of aromatic nitrogens is 2. The summed E-state index contributed by atoms with van der Waals surface area (Å²) < 4.78 is 4.31. The van der Waals surface area contributed by atoms with E-state index < -0.39 is 12.0 Å². The van der Waals surface area contributed by atoms with E-state index in [-0.39, 0.29) is 5.92 Å². The predicted octanol–water partition coefficient (Wildman–Crippen LogP) is 2.86. The molecule has 1 heterocycles. The van der Waals surface area contributed by atoms with Crippen LogP contribution < -0.4 is 5.32 Å². The maximum atomic E-state index is 11.5. The highest BCUT2D eigenvalue weighted by atomic mass is 32.1. The minimum Gasteiger partial charge on any atom is -0.480 e. The van der Waals surface area contributed by atoms with Crippen molar-refractivity contribution in [3.05, 3.63) is 5.82 Å². The number of nitrogens with one attached hydrogen (secondary N) is 1. The van der Waals surface area contributed by atoms with E-state index in [4.69, 9.17) is 0 Å². The SMILES string of the molecule is O=C(O)C(Nc1nc(C2CC2)ns1)C1CCCCC1. The van der Waals surface area contributed by atoms with Crippen molar-refractivity contribution in [2.45, 2.75) is 56.9 Å². The molecule has 6 heteroatoms. The minimum atomic E-state index is -0.768. The van der Waals surface area contributed by atoms with E-state index in [0.29, 0.717) is 11.0 Å². The Hall–Kier alpha value is -1.17. The summed E-state index contributed by atoms with van der Waals surface area (Å²) in [6.45, 7) is 0. The van der Waals surface area contributed by atoms with Crippen molar-refractivity contribution in [1.29, 1.82) is 0 Å². The first-order valence-electron chi connectivity index (χ1n) is 7.07. The molecule has 1 atom stereocenters. The third-order valence-electron chi connectivity index (χ3n) is 4.05. The van der Waals surface area contributed by atoms with Crippen LogP contribution in [0.1, 0.15) is 56.7 Å². The Morgan fingerprint density at radius 2 is 2.00 bits per heavy atom. The van der Waals surface area contributed by atoms with Gasteiger partial charge in [0.05, 0.1) is 0 Å². The Morgan fingerprint density at radius 3 is 2.63 bits per heavy atom. The van der Waals surface area contributed by atoms with Crippen LogP contribution >= 0.6 is 11.5 Å². The van der Waals surface area contributed by atoms with Gasteiger partial charge in [-0.05, 0) is 31.6 Å². The van der Waals surface area contributed by atoms with Crippen molar-refractivity contribution < 1.29 is 9.90 Å². The van der Waals surface area contributed by atoms with Gasteiger partial charge in [0.1, 0.15) is 11.9 Å². The van der Waals surface area contributed by atoms with Crippen LogP contribution in [-0.4, -0.2) is 26.5 Å². The van der Waals surface area contributed by atoms with E-state index in [2.05, 4.69) is 14.7 Å². The third kappa shape index (κ3) is 3.05. The van der Waals surface area contributed by atoms with Gasteiger partial charge in [-0.15, -0.1) is 0 Å². The first-order chi connectivity index (χ1) is 9.24. The van der Waals surface area contributed by atoms with Gasteiger partial charge < -0.3 is 10.4 Å². The standard InChI is InChI=1S/C13H19N3O2S/c17-12(18)10(8-4-2-1-3-5-8)14-13-15-11(16-19-13)9-6-7-9/h8-10H,1-7H2,(H,17,18)(H,14,15,16). The quantitative estimate of drug-likeness (QED) is 0.868. The van der Waals surface area contributed by atoms with Gasteiger partial charge in [0.15, 0.2) is 0 Å². The van der Waals surface area contributed by atoms with Crippen LogP contribution in [0, 0.1) is 5.92 Å². The number of aliphatic carboxylic acids is 1. The monoisotopic (exact) mass is 281 g/mol. The Balaban J connectivity index is 1.67. The molecule has 2 aliphatic carbocycles. The lowest BCUT2D eigenvalue weighted by Crippen LogP contribution is -2.37. The Labute approximate surface area is 116 Å². The first-order valence-corrected chi connectivity index (χ1v) is 7.84.